The first-order valence-corrected chi connectivity index (χ1v) is 16.4. The highest BCUT2D eigenvalue weighted by Crippen LogP contribution is 2.26. The van der Waals surface area contributed by atoms with Crippen LogP contribution in [0.15, 0.2) is 87.5 Å². The van der Waals surface area contributed by atoms with E-state index in [0.29, 0.717) is 0 Å². The molecule has 1 fully saturated rings. The lowest BCUT2D eigenvalue weighted by atomic mass is 10.2. The molecule has 0 aromatic heterocycles. The van der Waals surface area contributed by atoms with Crippen LogP contribution in [0.2, 0.25) is 0 Å². The van der Waals surface area contributed by atoms with E-state index in [-0.39, 0.29) is 14.7 Å². The molecule has 1 aliphatic heterocycles. The third kappa shape index (κ3) is 6.24. The van der Waals surface area contributed by atoms with Gasteiger partial charge in [0.05, 0.1) is 34.1 Å². The second kappa shape index (κ2) is 11.1. The summed E-state index contributed by atoms with van der Waals surface area (Å²) in [7, 11) is -12.8. The average molecular weight is 594 g/mol. The molecule has 0 amide bonds. The predicted molar refractivity (Wildman–Crippen MR) is 146 cm³/mol. The Bertz CT molecular complexity index is 1550. The molecule has 3 aromatic carbocycles. The number of hydrogen-bond donors (Lipinski definition) is 1. The van der Waals surface area contributed by atoms with Gasteiger partial charge in [-0.25, -0.2) is 25.3 Å². The number of aryl methyl sites for hydroxylation is 3. The Balaban J connectivity index is 1.79. The second-order valence-electron chi connectivity index (χ2n) is 9.61. The molecule has 210 valence electrons. The van der Waals surface area contributed by atoms with Gasteiger partial charge in [-0.05, 0) is 57.2 Å². The fraction of sp³-hybridized carbons (Fsp3) is 0.308. The van der Waals surface area contributed by atoms with E-state index in [0.717, 1.165) is 29.6 Å². The molecule has 0 bridgehead atoms. The molecule has 0 radical (unpaired) electrons. The number of hydrogen-bond acceptors (Lipinski definition) is 7. The highest BCUT2D eigenvalue weighted by atomic mass is 32.2. The summed E-state index contributed by atoms with van der Waals surface area (Å²) in [6.45, 7) is 2.95. The Hall–Kier alpha value is -2.65. The maximum atomic E-state index is 13.8. The predicted octanol–water partition coefficient (Wildman–Crippen LogP) is 2.27. The summed E-state index contributed by atoms with van der Waals surface area (Å²) < 4.78 is 84.3. The summed E-state index contributed by atoms with van der Waals surface area (Å²) in [4.78, 5) is -0.259. The van der Waals surface area contributed by atoms with Crippen molar-refractivity contribution >= 4 is 30.1 Å². The molecule has 39 heavy (non-hydrogen) atoms. The molecule has 0 atom stereocenters. The molecular weight excluding hydrogens is 563 g/mol. The SMILES string of the molecule is Cc1ccc(S(=O)(=O)N2CC(O)CN(S(=O)(=O)c3ccc(C)cc3)CN(S(=O)(=O)c3ccc(C)cc3)C2)cc1. The lowest BCUT2D eigenvalue weighted by Gasteiger charge is -2.37. The summed E-state index contributed by atoms with van der Waals surface area (Å²) in [5, 5.41) is 10.8. The monoisotopic (exact) mass is 593 g/mol. The molecule has 4 rings (SSSR count). The fourth-order valence-electron chi connectivity index (χ4n) is 4.12. The van der Waals surface area contributed by atoms with Crippen LogP contribution in [-0.2, 0) is 30.1 Å². The Kier molecular flexibility index (Phi) is 8.34. The number of nitrogens with zero attached hydrogens (tertiary/aromatic N) is 3. The molecule has 0 aliphatic carbocycles. The van der Waals surface area contributed by atoms with Gasteiger partial charge >= 0.3 is 0 Å². The molecule has 1 saturated heterocycles. The van der Waals surface area contributed by atoms with E-state index in [1.807, 2.05) is 0 Å². The van der Waals surface area contributed by atoms with Crippen LogP contribution >= 0.6 is 0 Å². The number of rotatable bonds is 6. The van der Waals surface area contributed by atoms with Crippen molar-refractivity contribution in [2.75, 3.05) is 26.4 Å². The van der Waals surface area contributed by atoms with E-state index < -0.39 is 62.6 Å². The van der Waals surface area contributed by atoms with Crippen LogP contribution in [0.4, 0.5) is 0 Å². The summed E-state index contributed by atoms with van der Waals surface area (Å²) in [6, 6.07) is 18.1. The van der Waals surface area contributed by atoms with Crippen molar-refractivity contribution in [2.24, 2.45) is 0 Å². The average Bonchev–Trinajstić information content (AvgIpc) is 2.86. The number of benzene rings is 3. The quantitative estimate of drug-likeness (QED) is 0.464. The first kappa shape index (κ1) is 29.3. The van der Waals surface area contributed by atoms with E-state index in [4.69, 9.17) is 0 Å². The van der Waals surface area contributed by atoms with Crippen molar-refractivity contribution in [3.05, 3.63) is 89.5 Å². The third-order valence-corrected chi connectivity index (χ3v) is 11.8. The van der Waals surface area contributed by atoms with Gasteiger partial charge in [-0.3, -0.25) is 0 Å². The van der Waals surface area contributed by atoms with Crippen LogP contribution in [0.5, 0.6) is 0 Å². The van der Waals surface area contributed by atoms with Gasteiger partial charge in [-0.1, -0.05) is 53.1 Å². The molecule has 1 aliphatic rings. The topological polar surface area (TPSA) is 132 Å². The summed E-state index contributed by atoms with van der Waals surface area (Å²) in [5.41, 5.74) is 2.49. The smallest absolute Gasteiger partial charge is 0.245 e. The van der Waals surface area contributed by atoms with Gasteiger partial charge in [0.1, 0.15) is 0 Å². The standard InChI is InChI=1S/C26H31N3O7S3/c1-20-4-10-24(11-5-20)37(31,32)27-16-23(30)17-28(38(33,34)25-12-6-21(2)7-13-25)19-29(18-27)39(35,36)26-14-8-22(3)9-15-26/h4-15,23,30H,16-19H2,1-3H3. The van der Waals surface area contributed by atoms with Crippen LogP contribution < -0.4 is 0 Å². The Morgan fingerprint density at radius 3 is 1.05 bits per heavy atom. The largest absolute Gasteiger partial charge is 0.390 e. The summed E-state index contributed by atoms with van der Waals surface area (Å²) >= 11 is 0. The normalized spacial score (nSPS) is 17.5. The highest BCUT2D eigenvalue weighted by Gasteiger charge is 2.40. The van der Waals surface area contributed by atoms with E-state index in [2.05, 4.69) is 0 Å². The van der Waals surface area contributed by atoms with Gasteiger partial charge in [0.15, 0.2) is 0 Å². The van der Waals surface area contributed by atoms with Crippen LogP contribution in [0.25, 0.3) is 0 Å². The van der Waals surface area contributed by atoms with Crippen molar-refractivity contribution < 1.29 is 30.4 Å². The Labute approximate surface area is 230 Å². The first-order valence-electron chi connectivity index (χ1n) is 12.1. The van der Waals surface area contributed by atoms with Crippen molar-refractivity contribution in [3.63, 3.8) is 0 Å². The molecule has 13 heteroatoms. The molecule has 1 heterocycles. The zero-order chi connectivity index (χ0) is 28.6. The fourth-order valence-corrected chi connectivity index (χ4v) is 8.50. The maximum absolute atomic E-state index is 13.8. The molecule has 10 nitrogen and oxygen atoms in total. The summed E-state index contributed by atoms with van der Waals surface area (Å²) in [6.07, 6.45) is -1.42. The van der Waals surface area contributed by atoms with Gasteiger partial charge in [0.25, 0.3) is 0 Å². The number of aliphatic hydroxyl groups is 1. The van der Waals surface area contributed by atoms with Crippen LogP contribution in [0.3, 0.4) is 0 Å². The molecule has 3 aromatic rings. The highest BCUT2D eigenvalue weighted by molar-refractivity contribution is 7.90. The minimum atomic E-state index is -4.36. The Morgan fingerprint density at radius 2 is 0.769 bits per heavy atom. The molecular formula is C26H31N3O7S3. The molecule has 0 unspecified atom stereocenters. The van der Waals surface area contributed by atoms with Crippen LogP contribution in [-0.4, -0.2) is 75.8 Å². The number of aliphatic hydroxyl groups excluding tert-OH is 1. The zero-order valence-electron chi connectivity index (χ0n) is 21.8. The van der Waals surface area contributed by atoms with E-state index in [1.54, 1.807) is 57.2 Å². The van der Waals surface area contributed by atoms with Gasteiger partial charge in [0.2, 0.25) is 30.1 Å². The van der Waals surface area contributed by atoms with Crippen molar-refractivity contribution in [1.82, 2.24) is 12.9 Å². The van der Waals surface area contributed by atoms with E-state index in [9.17, 15) is 30.4 Å². The lowest BCUT2D eigenvalue weighted by molar-refractivity contribution is 0.0780. The van der Waals surface area contributed by atoms with Gasteiger partial charge < -0.3 is 5.11 Å². The molecule has 1 N–H and O–H groups in total. The van der Waals surface area contributed by atoms with Gasteiger partial charge in [0, 0.05) is 13.1 Å². The zero-order valence-corrected chi connectivity index (χ0v) is 24.2. The first-order chi connectivity index (χ1) is 18.2. The van der Waals surface area contributed by atoms with Gasteiger partial charge in [-0.2, -0.15) is 12.9 Å². The second-order valence-corrected chi connectivity index (χ2v) is 15.4. The Morgan fingerprint density at radius 1 is 0.513 bits per heavy atom. The summed E-state index contributed by atoms with van der Waals surface area (Å²) in [5.74, 6) is 0. The molecule has 0 spiro atoms. The maximum Gasteiger partial charge on any atom is 0.245 e. The van der Waals surface area contributed by atoms with Crippen molar-refractivity contribution in [2.45, 2.75) is 41.6 Å². The molecule has 0 saturated carbocycles. The minimum Gasteiger partial charge on any atom is -0.390 e. The number of sulfonamides is 3. The third-order valence-electron chi connectivity index (χ3n) is 6.44. The number of β-amino-alcohol motifs (C(OH)–C–C–N with tert-alkyl or cyclic N) is 1. The lowest BCUT2D eigenvalue weighted by Crippen LogP contribution is -2.56. The van der Waals surface area contributed by atoms with E-state index >= 15 is 0 Å². The van der Waals surface area contributed by atoms with Crippen molar-refractivity contribution in [3.8, 4) is 0 Å². The van der Waals surface area contributed by atoms with E-state index in [1.165, 1.54) is 36.4 Å². The van der Waals surface area contributed by atoms with Crippen molar-refractivity contribution in [1.29, 1.82) is 0 Å². The van der Waals surface area contributed by atoms with Crippen LogP contribution in [0.1, 0.15) is 16.7 Å². The minimum absolute atomic E-state index is 0.0716. The van der Waals surface area contributed by atoms with Crippen LogP contribution in [0, 0.1) is 20.8 Å². The van der Waals surface area contributed by atoms with Gasteiger partial charge in [-0.15, -0.1) is 0 Å².